The Morgan fingerprint density at radius 1 is 0.839 bits per heavy atom. The maximum absolute atomic E-state index is 13.1. The molecule has 3 aromatic rings. The van der Waals surface area contributed by atoms with Crippen molar-refractivity contribution in [1.82, 2.24) is 5.32 Å². The van der Waals surface area contributed by atoms with Crippen molar-refractivity contribution < 1.29 is 23.5 Å². The summed E-state index contributed by atoms with van der Waals surface area (Å²) in [7, 11) is 0. The number of anilines is 1. The van der Waals surface area contributed by atoms with Crippen molar-refractivity contribution in [2.45, 2.75) is 12.5 Å². The average Bonchev–Trinajstić information content (AvgIpc) is 2.79. The molecule has 0 aliphatic carbocycles. The first kappa shape index (κ1) is 21.7. The maximum Gasteiger partial charge on any atom is 0.326 e. The standard InChI is InChI=1S/C24H21FN2O4/c25-19-11-13-20(14-12-19)27-24(30)23(18-9-5-2-6-10-18)31-22(29)16-26-21(28)15-17-7-3-1-4-8-17/h1-14,23H,15-16H2,(H,26,28)(H,27,30)/t23-/m1/s1. The third kappa shape index (κ3) is 6.78. The Hall–Kier alpha value is -4.00. The van der Waals surface area contributed by atoms with Gasteiger partial charge in [0.25, 0.3) is 5.91 Å². The predicted molar refractivity (Wildman–Crippen MR) is 113 cm³/mol. The van der Waals surface area contributed by atoms with Crippen molar-refractivity contribution in [2.24, 2.45) is 0 Å². The van der Waals surface area contributed by atoms with E-state index in [0.29, 0.717) is 11.3 Å². The molecule has 31 heavy (non-hydrogen) atoms. The fourth-order valence-electron chi connectivity index (χ4n) is 2.83. The van der Waals surface area contributed by atoms with Gasteiger partial charge in [0.05, 0.1) is 6.42 Å². The number of hydrogen-bond acceptors (Lipinski definition) is 4. The molecule has 3 rings (SSSR count). The molecule has 2 N–H and O–H groups in total. The van der Waals surface area contributed by atoms with Crippen LogP contribution in [0.25, 0.3) is 0 Å². The number of hydrogen-bond donors (Lipinski definition) is 2. The second-order valence-corrected chi connectivity index (χ2v) is 6.72. The minimum Gasteiger partial charge on any atom is -0.446 e. The summed E-state index contributed by atoms with van der Waals surface area (Å²) in [6, 6.07) is 22.8. The van der Waals surface area contributed by atoms with Crippen molar-refractivity contribution in [1.29, 1.82) is 0 Å². The molecule has 0 aliphatic heterocycles. The van der Waals surface area contributed by atoms with Gasteiger partial charge in [-0.05, 0) is 29.8 Å². The number of rotatable bonds is 8. The fraction of sp³-hybridized carbons (Fsp3) is 0.125. The molecule has 0 spiro atoms. The number of carbonyl (C=O) groups is 3. The number of amides is 2. The summed E-state index contributed by atoms with van der Waals surface area (Å²) in [5, 5.41) is 5.10. The summed E-state index contributed by atoms with van der Waals surface area (Å²) in [6.07, 6.45) is -1.11. The Labute approximate surface area is 179 Å². The summed E-state index contributed by atoms with van der Waals surface area (Å²) >= 11 is 0. The number of nitrogens with one attached hydrogen (secondary N) is 2. The lowest BCUT2D eigenvalue weighted by Crippen LogP contribution is -2.34. The van der Waals surface area contributed by atoms with Crippen LogP contribution in [-0.4, -0.2) is 24.3 Å². The van der Waals surface area contributed by atoms with Crippen LogP contribution in [0.5, 0.6) is 0 Å². The van der Waals surface area contributed by atoms with Crippen molar-refractivity contribution in [2.75, 3.05) is 11.9 Å². The van der Waals surface area contributed by atoms with Crippen LogP contribution < -0.4 is 10.6 Å². The van der Waals surface area contributed by atoms with Crippen LogP contribution in [0.15, 0.2) is 84.9 Å². The Morgan fingerprint density at radius 3 is 2.10 bits per heavy atom. The molecule has 158 valence electrons. The van der Waals surface area contributed by atoms with E-state index >= 15 is 0 Å². The Balaban J connectivity index is 1.61. The van der Waals surface area contributed by atoms with Crippen LogP contribution in [0, 0.1) is 5.82 Å². The van der Waals surface area contributed by atoms with E-state index in [9.17, 15) is 18.8 Å². The molecule has 1 atom stereocenters. The third-order valence-electron chi connectivity index (χ3n) is 4.34. The number of benzene rings is 3. The van der Waals surface area contributed by atoms with Crippen LogP contribution in [0.3, 0.4) is 0 Å². The van der Waals surface area contributed by atoms with Crippen LogP contribution in [0.4, 0.5) is 10.1 Å². The van der Waals surface area contributed by atoms with E-state index in [1.165, 1.54) is 24.3 Å². The fourth-order valence-corrected chi connectivity index (χ4v) is 2.83. The first-order valence-corrected chi connectivity index (χ1v) is 9.63. The van der Waals surface area contributed by atoms with Crippen LogP contribution in [0.1, 0.15) is 17.2 Å². The number of ether oxygens (including phenoxy) is 1. The monoisotopic (exact) mass is 420 g/mol. The zero-order valence-electron chi connectivity index (χ0n) is 16.6. The van der Waals surface area contributed by atoms with E-state index in [4.69, 9.17) is 4.74 Å². The van der Waals surface area contributed by atoms with E-state index in [1.807, 2.05) is 30.3 Å². The zero-order valence-corrected chi connectivity index (χ0v) is 16.6. The Kier molecular flexibility index (Phi) is 7.48. The summed E-state index contributed by atoms with van der Waals surface area (Å²) in [6.45, 7) is -0.376. The lowest BCUT2D eigenvalue weighted by molar-refractivity contribution is -0.154. The average molecular weight is 420 g/mol. The molecule has 0 fully saturated rings. The van der Waals surface area contributed by atoms with Crippen molar-refractivity contribution in [3.8, 4) is 0 Å². The molecular formula is C24H21FN2O4. The molecule has 0 unspecified atom stereocenters. The third-order valence-corrected chi connectivity index (χ3v) is 4.34. The van der Waals surface area contributed by atoms with Gasteiger partial charge < -0.3 is 15.4 Å². The zero-order chi connectivity index (χ0) is 22.1. The van der Waals surface area contributed by atoms with Crippen LogP contribution in [-0.2, 0) is 25.5 Å². The van der Waals surface area contributed by atoms with E-state index in [1.54, 1.807) is 30.3 Å². The van der Waals surface area contributed by atoms with Crippen molar-refractivity contribution >= 4 is 23.5 Å². The van der Waals surface area contributed by atoms with Crippen molar-refractivity contribution in [3.63, 3.8) is 0 Å². The minimum absolute atomic E-state index is 0.126. The Morgan fingerprint density at radius 2 is 1.45 bits per heavy atom. The summed E-state index contributed by atoms with van der Waals surface area (Å²) < 4.78 is 18.4. The molecule has 6 nitrogen and oxygen atoms in total. The summed E-state index contributed by atoms with van der Waals surface area (Å²) in [5.74, 6) is -2.13. The molecule has 0 aromatic heterocycles. The lowest BCUT2D eigenvalue weighted by Gasteiger charge is -2.18. The highest BCUT2D eigenvalue weighted by atomic mass is 19.1. The molecule has 3 aromatic carbocycles. The lowest BCUT2D eigenvalue weighted by atomic mass is 10.1. The highest BCUT2D eigenvalue weighted by molar-refractivity contribution is 5.96. The number of carbonyl (C=O) groups excluding carboxylic acids is 3. The molecule has 0 bridgehead atoms. The first-order chi connectivity index (χ1) is 15.0. The van der Waals surface area contributed by atoms with Gasteiger partial charge >= 0.3 is 5.97 Å². The molecule has 0 aliphatic rings. The van der Waals surface area contributed by atoms with Gasteiger partial charge in [-0.2, -0.15) is 0 Å². The normalized spacial score (nSPS) is 11.3. The van der Waals surface area contributed by atoms with Gasteiger partial charge in [-0.3, -0.25) is 14.4 Å². The SMILES string of the molecule is O=C(Cc1ccccc1)NCC(=O)O[C@@H](C(=O)Nc1ccc(F)cc1)c1ccccc1. The smallest absolute Gasteiger partial charge is 0.326 e. The molecule has 0 radical (unpaired) electrons. The molecule has 0 saturated carbocycles. The van der Waals surface area contributed by atoms with Gasteiger partial charge in [0.1, 0.15) is 12.4 Å². The molecule has 7 heteroatoms. The predicted octanol–water partition coefficient (Wildman–Crippen LogP) is 3.41. The first-order valence-electron chi connectivity index (χ1n) is 9.63. The molecule has 0 heterocycles. The maximum atomic E-state index is 13.1. The molecular weight excluding hydrogens is 399 g/mol. The van der Waals surface area contributed by atoms with Gasteiger partial charge in [-0.15, -0.1) is 0 Å². The second kappa shape index (κ2) is 10.7. The van der Waals surface area contributed by atoms with Gasteiger partial charge in [0, 0.05) is 11.3 Å². The largest absolute Gasteiger partial charge is 0.446 e. The summed E-state index contributed by atoms with van der Waals surface area (Å²) in [4.78, 5) is 37.1. The summed E-state index contributed by atoms with van der Waals surface area (Å²) in [5.41, 5.74) is 1.64. The van der Waals surface area contributed by atoms with Crippen LogP contribution >= 0.6 is 0 Å². The second-order valence-electron chi connectivity index (χ2n) is 6.72. The number of esters is 1. The van der Waals surface area contributed by atoms with Crippen molar-refractivity contribution in [3.05, 3.63) is 102 Å². The van der Waals surface area contributed by atoms with Gasteiger partial charge in [-0.25, -0.2) is 4.39 Å². The van der Waals surface area contributed by atoms with Gasteiger partial charge in [0.2, 0.25) is 12.0 Å². The van der Waals surface area contributed by atoms with Gasteiger partial charge in [0.15, 0.2) is 0 Å². The van der Waals surface area contributed by atoms with E-state index in [2.05, 4.69) is 10.6 Å². The molecule has 0 saturated heterocycles. The minimum atomic E-state index is -1.23. The van der Waals surface area contributed by atoms with Crippen LogP contribution in [0.2, 0.25) is 0 Å². The highest BCUT2D eigenvalue weighted by Gasteiger charge is 2.25. The highest BCUT2D eigenvalue weighted by Crippen LogP contribution is 2.20. The van der Waals surface area contributed by atoms with E-state index in [0.717, 1.165) is 5.56 Å². The van der Waals surface area contributed by atoms with E-state index in [-0.39, 0.29) is 18.9 Å². The van der Waals surface area contributed by atoms with E-state index < -0.39 is 23.8 Å². The topological polar surface area (TPSA) is 84.5 Å². The number of halogens is 1. The quantitative estimate of drug-likeness (QED) is 0.547. The molecule has 2 amide bonds. The van der Waals surface area contributed by atoms with Gasteiger partial charge in [-0.1, -0.05) is 60.7 Å². The Bertz CT molecular complexity index is 1020.